The summed E-state index contributed by atoms with van der Waals surface area (Å²) in [6.45, 7) is 1.49. The molecule has 7 nitrogen and oxygen atoms in total. The van der Waals surface area contributed by atoms with E-state index in [9.17, 15) is 9.59 Å². The number of pyridine rings is 1. The number of nitrogens with zero attached hydrogens (tertiary/aromatic N) is 2. The zero-order chi connectivity index (χ0) is 22.0. The predicted octanol–water partition coefficient (Wildman–Crippen LogP) is 5.00. The van der Waals surface area contributed by atoms with Crippen molar-refractivity contribution < 1.29 is 19.1 Å². The summed E-state index contributed by atoms with van der Waals surface area (Å²) in [4.78, 5) is 29.1. The van der Waals surface area contributed by atoms with Gasteiger partial charge in [0.05, 0.1) is 14.2 Å². The van der Waals surface area contributed by atoms with E-state index in [0.29, 0.717) is 28.4 Å². The molecule has 2 aromatic heterocycles. The number of rotatable bonds is 5. The molecule has 0 radical (unpaired) electrons. The Kier molecular flexibility index (Phi) is 5.41. The van der Waals surface area contributed by atoms with E-state index >= 15 is 0 Å². The Hall–Kier alpha value is -4.13. The van der Waals surface area contributed by atoms with E-state index in [1.54, 1.807) is 50.9 Å². The van der Waals surface area contributed by atoms with E-state index in [0.717, 1.165) is 16.5 Å². The zero-order valence-electron chi connectivity index (χ0n) is 17.4. The molecule has 0 aliphatic carbocycles. The second-order valence-corrected chi connectivity index (χ2v) is 6.92. The summed E-state index contributed by atoms with van der Waals surface area (Å²) in [6, 6.07) is 15.8. The fraction of sp³-hybridized carbons (Fsp3) is 0.125. The van der Waals surface area contributed by atoms with Crippen LogP contribution in [0.5, 0.6) is 11.5 Å². The van der Waals surface area contributed by atoms with Gasteiger partial charge in [0.15, 0.2) is 17.3 Å². The Bertz CT molecular complexity index is 1290. The van der Waals surface area contributed by atoms with Crippen molar-refractivity contribution in [1.29, 1.82) is 0 Å². The first-order chi connectivity index (χ1) is 15.0. The van der Waals surface area contributed by atoms with E-state index in [1.807, 2.05) is 30.3 Å². The Balaban J connectivity index is 1.76. The molecule has 0 unspecified atom stereocenters. The molecule has 0 aliphatic heterocycles. The van der Waals surface area contributed by atoms with Crippen molar-refractivity contribution in [2.24, 2.45) is 0 Å². The van der Waals surface area contributed by atoms with E-state index in [4.69, 9.17) is 9.47 Å². The molecule has 1 amide bonds. The third-order valence-electron chi connectivity index (χ3n) is 5.00. The van der Waals surface area contributed by atoms with Crippen LogP contribution in [0.1, 0.15) is 17.3 Å². The highest BCUT2D eigenvalue weighted by molar-refractivity contribution is 6.04. The molecule has 4 aromatic rings. The standard InChI is InChI=1S/C24H21N3O4/c1-15(28)16-6-4-7-18(12-16)26-24(29)27-14-20(19-8-5-11-25-23(19)27)17-9-10-21(30-2)22(13-17)31-3/h4-14H,1-3H3,(H,26,29). The van der Waals surface area contributed by atoms with Crippen LogP contribution in [0, 0.1) is 0 Å². The molecule has 0 atom stereocenters. The number of ketones is 1. The molecule has 2 aromatic carbocycles. The Labute approximate surface area is 179 Å². The largest absolute Gasteiger partial charge is 0.493 e. The molecule has 0 saturated carbocycles. The minimum Gasteiger partial charge on any atom is -0.493 e. The highest BCUT2D eigenvalue weighted by Crippen LogP contribution is 2.36. The number of hydrogen-bond donors (Lipinski definition) is 1. The molecule has 7 heteroatoms. The average Bonchev–Trinajstić information content (AvgIpc) is 3.18. The van der Waals surface area contributed by atoms with E-state index in [-0.39, 0.29) is 11.8 Å². The van der Waals surface area contributed by atoms with Crippen molar-refractivity contribution >= 4 is 28.5 Å². The van der Waals surface area contributed by atoms with Crippen molar-refractivity contribution in [3.05, 3.63) is 72.6 Å². The first-order valence-corrected chi connectivity index (χ1v) is 9.62. The van der Waals surface area contributed by atoms with Crippen LogP contribution in [0.2, 0.25) is 0 Å². The molecule has 0 saturated heterocycles. The maximum Gasteiger partial charge on any atom is 0.331 e. The van der Waals surface area contributed by atoms with Crippen molar-refractivity contribution in [3.8, 4) is 22.6 Å². The van der Waals surface area contributed by atoms with Crippen molar-refractivity contribution in [2.75, 3.05) is 19.5 Å². The van der Waals surface area contributed by atoms with Gasteiger partial charge in [-0.25, -0.2) is 9.78 Å². The number of hydrogen-bond acceptors (Lipinski definition) is 5. The first-order valence-electron chi connectivity index (χ1n) is 9.62. The summed E-state index contributed by atoms with van der Waals surface area (Å²) >= 11 is 0. The van der Waals surface area contributed by atoms with Crippen LogP contribution in [-0.2, 0) is 0 Å². The Morgan fingerprint density at radius 2 is 1.77 bits per heavy atom. The quantitative estimate of drug-likeness (QED) is 0.464. The zero-order valence-corrected chi connectivity index (χ0v) is 17.4. The highest BCUT2D eigenvalue weighted by atomic mass is 16.5. The lowest BCUT2D eigenvalue weighted by atomic mass is 10.1. The summed E-state index contributed by atoms with van der Waals surface area (Å²) < 4.78 is 12.2. The summed E-state index contributed by atoms with van der Waals surface area (Å²) in [5.41, 5.74) is 3.27. The van der Waals surface area contributed by atoms with Crippen LogP contribution in [0.15, 0.2) is 67.0 Å². The number of methoxy groups -OCH3 is 2. The maximum absolute atomic E-state index is 13.1. The van der Waals surface area contributed by atoms with Gasteiger partial charge < -0.3 is 14.8 Å². The van der Waals surface area contributed by atoms with Crippen LogP contribution >= 0.6 is 0 Å². The summed E-state index contributed by atoms with van der Waals surface area (Å²) in [5.74, 6) is 1.14. The molecule has 156 valence electrons. The summed E-state index contributed by atoms with van der Waals surface area (Å²) in [5, 5.41) is 3.66. The van der Waals surface area contributed by atoms with Gasteiger partial charge in [0.1, 0.15) is 5.65 Å². The normalized spacial score (nSPS) is 10.7. The molecule has 0 spiro atoms. The number of benzene rings is 2. The van der Waals surface area contributed by atoms with Gasteiger partial charge in [0, 0.05) is 34.6 Å². The van der Waals surface area contributed by atoms with Gasteiger partial charge in [-0.2, -0.15) is 0 Å². The molecular weight excluding hydrogens is 394 g/mol. The Morgan fingerprint density at radius 1 is 0.968 bits per heavy atom. The minimum atomic E-state index is -0.379. The van der Waals surface area contributed by atoms with Gasteiger partial charge in [-0.1, -0.05) is 18.2 Å². The lowest BCUT2D eigenvalue weighted by Crippen LogP contribution is -2.19. The highest BCUT2D eigenvalue weighted by Gasteiger charge is 2.17. The molecule has 2 heterocycles. The second-order valence-electron chi connectivity index (χ2n) is 6.92. The number of carbonyl (C=O) groups is 2. The molecule has 4 rings (SSSR count). The minimum absolute atomic E-state index is 0.0695. The molecule has 0 fully saturated rings. The van der Waals surface area contributed by atoms with Crippen molar-refractivity contribution in [1.82, 2.24) is 9.55 Å². The molecule has 0 bridgehead atoms. The van der Waals surface area contributed by atoms with Gasteiger partial charge in [-0.3, -0.25) is 9.36 Å². The summed E-state index contributed by atoms with van der Waals surface area (Å²) in [6.07, 6.45) is 3.38. The van der Waals surface area contributed by atoms with Crippen LogP contribution in [0.25, 0.3) is 22.2 Å². The van der Waals surface area contributed by atoms with E-state index < -0.39 is 0 Å². The smallest absolute Gasteiger partial charge is 0.331 e. The number of fused-ring (bicyclic) bond motifs is 1. The topological polar surface area (TPSA) is 82.5 Å². The van der Waals surface area contributed by atoms with Crippen molar-refractivity contribution in [3.63, 3.8) is 0 Å². The van der Waals surface area contributed by atoms with E-state index in [2.05, 4.69) is 10.3 Å². The molecule has 0 aliphatic rings. The lowest BCUT2D eigenvalue weighted by Gasteiger charge is -2.09. The number of nitrogens with one attached hydrogen (secondary N) is 1. The first kappa shape index (κ1) is 20.2. The number of aromatic nitrogens is 2. The fourth-order valence-electron chi connectivity index (χ4n) is 3.45. The SMILES string of the molecule is COc1ccc(-c2cn(C(=O)Nc3cccc(C(C)=O)c3)c3ncccc23)cc1OC. The number of carbonyl (C=O) groups excluding carboxylic acids is 2. The third kappa shape index (κ3) is 3.85. The van der Waals surface area contributed by atoms with Crippen LogP contribution < -0.4 is 14.8 Å². The number of amides is 1. The second kappa shape index (κ2) is 8.31. The van der Waals surface area contributed by atoms with Crippen LogP contribution in [-0.4, -0.2) is 35.6 Å². The fourth-order valence-corrected chi connectivity index (χ4v) is 3.45. The maximum atomic E-state index is 13.1. The summed E-state index contributed by atoms with van der Waals surface area (Å²) in [7, 11) is 3.16. The van der Waals surface area contributed by atoms with E-state index in [1.165, 1.54) is 11.5 Å². The predicted molar refractivity (Wildman–Crippen MR) is 119 cm³/mol. The average molecular weight is 415 g/mol. The van der Waals surface area contributed by atoms with Gasteiger partial charge in [0.2, 0.25) is 0 Å². The van der Waals surface area contributed by atoms with Gasteiger partial charge >= 0.3 is 6.03 Å². The number of Topliss-reactive ketones (excluding diaryl/α,β-unsaturated/α-hetero) is 1. The van der Waals surface area contributed by atoms with Gasteiger partial charge in [-0.05, 0) is 48.9 Å². The molecular formula is C24H21N3O4. The monoisotopic (exact) mass is 415 g/mol. The number of ether oxygens (including phenoxy) is 2. The molecule has 31 heavy (non-hydrogen) atoms. The van der Waals surface area contributed by atoms with Gasteiger partial charge in [-0.15, -0.1) is 0 Å². The van der Waals surface area contributed by atoms with Gasteiger partial charge in [0.25, 0.3) is 0 Å². The third-order valence-corrected chi connectivity index (χ3v) is 5.00. The molecule has 1 N–H and O–H groups in total. The van der Waals surface area contributed by atoms with Crippen molar-refractivity contribution in [2.45, 2.75) is 6.92 Å². The number of anilines is 1. The Morgan fingerprint density at radius 3 is 2.52 bits per heavy atom. The lowest BCUT2D eigenvalue weighted by molar-refractivity contribution is 0.101. The van der Waals surface area contributed by atoms with Crippen LogP contribution in [0.3, 0.4) is 0 Å². The van der Waals surface area contributed by atoms with Crippen LogP contribution in [0.4, 0.5) is 10.5 Å².